The van der Waals surface area contributed by atoms with Crippen molar-refractivity contribution in [3.63, 3.8) is 0 Å². The van der Waals surface area contributed by atoms with E-state index in [1.54, 1.807) is 6.07 Å². The summed E-state index contributed by atoms with van der Waals surface area (Å²) in [7, 11) is 0. The van der Waals surface area contributed by atoms with Gasteiger partial charge in [0.15, 0.2) is 18.9 Å². The molecule has 4 heteroatoms. The first kappa shape index (κ1) is 13.4. The molecule has 0 saturated heterocycles. The normalized spacial score (nSPS) is 10.7. The van der Waals surface area contributed by atoms with Crippen molar-refractivity contribution in [2.45, 2.75) is 13.5 Å². The van der Waals surface area contributed by atoms with Crippen LogP contribution in [0.15, 0.2) is 64.1 Å². The zero-order valence-corrected chi connectivity index (χ0v) is 11.8. The van der Waals surface area contributed by atoms with Crippen molar-refractivity contribution in [2.24, 2.45) is 0 Å². The lowest BCUT2D eigenvalue weighted by molar-refractivity contribution is -0.697. The molecule has 4 nitrogen and oxygen atoms in total. The van der Waals surface area contributed by atoms with Crippen LogP contribution in [0, 0.1) is 6.92 Å². The highest BCUT2D eigenvalue weighted by atomic mass is 16.5. The number of ether oxygens (including phenoxy) is 1. The van der Waals surface area contributed by atoms with Crippen LogP contribution in [0.5, 0.6) is 5.75 Å². The number of pyridine rings is 1. The molecule has 21 heavy (non-hydrogen) atoms. The Balaban J connectivity index is 1.74. The van der Waals surface area contributed by atoms with Crippen LogP contribution in [0.1, 0.15) is 5.56 Å². The van der Waals surface area contributed by atoms with E-state index in [9.17, 15) is 4.79 Å². The van der Waals surface area contributed by atoms with Crippen molar-refractivity contribution in [3.05, 3.63) is 70.8 Å². The van der Waals surface area contributed by atoms with E-state index in [-0.39, 0.29) is 5.63 Å². The summed E-state index contributed by atoms with van der Waals surface area (Å²) in [6.07, 6.45) is 3.98. The van der Waals surface area contributed by atoms with Gasteiger partial charge in [0.1, 0.15) is 17.9 Å². The summed E-state index contributed by atoms with van der Waals surface area (Å²) < 4.78 is 13.0. The summed E-state index contributed by atoms with van der Waals surface area (Å²) >= 11 is 0. The van der Waals surface area contributed by atoms with E-state index in [0.29, 0.717) is 17.9 Å². The lowest BCUT2D eigenvalue weighted by Crippen LogP contribution is -2.35. The third-order valence-electron chi connectivity index (χ3n) is 3.32. The summed E-state index contributed by atoms with van der Waals surface area (Å²) in [5.74, 6) is 0.702. The zero-order valence-electron chi connectivity index (χ0n) is 11.8. The molecule has 0 fully saturated rings. The Kier molecular flexibility index (Phi) is 3.69. The van der Waals surface area contributed by atoms with Crippen molar-refractivity contribution in [3.8, 4) is 5.75 Å². The van der Waals surface area contributed by atoms with Crippen LogP contribution in [0.2, 0.25) is 0 Å². The Bertz CT molecular complexity index is 809. The number of hydrogen-bond donors (Lipinski definition) is 0. The third-order valence-corrected chi connectivity index (χ3v) is 3.32. The van der Waals surface area contributed by atoms with Gasteiger partial charge in [-0.15, -0.1) is 0 Å². The minimum atomic E-state index is -0.336. The number of fused-ring (bicyclic) bond motifs is 1. The van der Waals surface area contributed by atoms with Crippen LogP contribution >= 0.6 is 0 Å². The van der Waals surface area contributed by atoms with Gasteiger partial charge >= 0.3 is 5.63 Å². The Hall–Kier alpha value is -2.62. The Labute approximate surface area is 122 Å². The smallest absolute Gasteiger partial charge is 0.336 e. The fourth-order valence-corrected chi connectivity index (χ4v) is 2.25. The molecule has 0 amide bonds. The van der Waals surface area contributed by atoms with Gasteiger partial charge < -0.3 is 9.15 Å². The molecule has 3 rings (SSSR count). The predicted molar refractivity (Wildman–Crippen MR) is 79.4 cm³/mol. The number of benzene rings is 1. The van der Waals surface area contributed by atoms with E-state index < -0.39 is 0 Å². The molecule has 0 spiro atoms. The van der Waals surface area contributed by atoms with Crippen molar-refractivity contribution >= 4 is 11.0 Å². The van der Waals surface area contributed by atoms with Crippen LogP contribution in [0.25, 0.3) is 11.0 Å². The minimum absolute atomic E-state index is 0.336. The average molecular weight is 282 g/mol. The summed E-state index contributed by atoms with van der Waals surface area (Å²) in [6.45, 7) is 3.21. The molecule has 0 saturated carbocycles. The Morgan fingerprint density at radius 3 is 2.76 bits per heavy atom. The highest BCUT2D eigenvalue weighted by Crippen LogP contribution is 2.22. The van der Waals surface area contributed by atoms with Crippen molar-refractivity contribution < 1.29 is 13.7 Å². The Morgan fingerprint density at radius 2 is 1.95 bits per heavy atom. The lowest BCUT2D eigenvalue weighted by atomic mass is 10.1. The van der Waals surface area contributed by atoms with E-state index in [1.165, 1.54) is 6.07 Å². The molecule has 2 aromatic heterocycles. The van der Waals surface area contributed by atoms with Crippen molar-refractivity contribution in [2.75, 3.05) is 6.61 Å². The van der Waals surface area contributed by atoms with Crippen molar-refractivity contribution in [1.29, 1.82) is 0 Å². The highest BCUT2D eigenvalue weighted by molar-refractivity contribution is 5.81. The lowest BCUT2D eigenvalue weighted by Gasteiger charge is -2.06. The fraction of sp³-hybridized carbons (Fsp3) is 0.176. The molecule has 1 aromatic carbocycles. The van der Waals surface area contributed by atoms with Gasteiger partial charge in [0.2, 0.25) is 0 Å². The number of hydrogen-bond acceptors (Lipinski definition) is 3. The summed E-state index contributed by atoms with van der Waals surface area (Å²) in [5, 5.41) is 0.930. The van der Waals surface area contributed by atoms with Crippen LogP contribution in [0.3, 0.4) is 0 Å². The standard InChI is InChI=1S/C17H16NO3/c1-13-11-17(19)21-16-12-14(5-6-15(13)16)20-10-9-18-7-3-2-4-8-18/h2-8,11-12H,9-10H2,1H3/q+1. The van der Waals surface area contributed by atoms with E-state index in [2.05, 4.69) is 0 Å². The molecule has 0 radical (unpaired) electrons. The second-order valence-electron chi connectivity index (χ2n) is 4.87. The molecular weight excluding hydrogens is 266 g/mol. The number of rotatable bonds is 4. The summed E-state index contributed by atoms with van der Waals surface area (Å²) in [5.41, 5.74) is 1.13. The maximum Gasteiger partial charge on any atom is 0.336 e. The van der Waals surface area contributed by atoms with Gasteiger partial charge in [0.25, 0.3) is 0 Å². The average Bonchev–Trinajstić information content (AvgIpc) is 2.48. The van der Waals surface area contributed by atoms with Crippen LogP contribution in [0.4, 0.5) is 0 Å². The quantitative estimate of drug-likeness (QED) is 0.545. The molecule has 0 bridgehead atoms. The summed E-state index contributed by atoms with van der Waals surface area (Å²) in [6, 6.07) is 13.0. The zero-order chi connectivity index (χ0) is 14.7. The van der Waals surface area contributed by atoms with E-state index >= 15 is 0 Å². The molecule has 0 N–H and O–H groups in total. The van der Waals surface area contributed by atoms with Gasteiger partial charge in [-0.1, -0.05) is 6.07 Å². The molecule has 0 aliphatic heterocycles. The van der Waals surface area contributed by atoms with Crippen molar-refractivity contribution in [1.82, 2.24) is 0 Å². The fourth-order valence-electron chi connectivity index (χ4n) is 2.25. The molecular formula is C17H16NO3+. The second kappa shape index (κ2) is 5.79. The predicted octanol–water partition coefficient (Wildman–Crippen LogP) is 2.47. The monoisotopic (exact) mass is 282 g/mol. The first-order chi connectivity index (χ1) is 10.2. The molecule has 2 heterocycles. The first-order valence-electron chi connectivity index (χ1n) is 6.84. The SMILES string of the molecule is Cc1cc(=O)oc2cc(OCC[n+]3ccccc3)ccc12. The molecule has 0 aliphatic rings. The Morgan fingerprint density at radius 1 is 1.14 bits per heavy atom. The summed E-state index contributed by atoms with van der Waals surface area (Å²) in [4.78, 5) is 11.4. The van der Waals surface area contributed by atoms with Gasteiger partial charge in [-0.3, -0.25) is 0 Å². The second-order valence-corrected chi connectivity index (χ2v) is 4.87. The molecule has 0 aliphatic carbocycles. The van der Waals surface area contributed by atoms with E-state index in [0.717, 1.165) is 17.5 Å². The van der Waals surface area contributed by atoms with Gasteiger partial charge in [-0.2, -0.15) is 0 Å². The van der Waals surface area contributed by atoms with Gasteiger partial charge in [0.05, 0.1) is 0 Å². The van der Waals surface area contributed by atoms with Gasteiger partial charge in [-0.25, -0.2) is 9.36 Å². The van der Waals surface area contributed by atoms with Gasteiger partial charge in [0, 0.05) is 29.7 Å². The first-order valence-corrected chi connectivity index (χ1v) is 6.84. The minimum Gasteiger partial charge on any atom is -0.487 e. The maximum absolute atomic E-state index is 11.4. The molecule has 106 valence electrons. The van der Waals surface area contributed by atoms with E-state index in [4.69, 9.17) is 9.15 Å². The largest absolute Gasteiger partial charge is 0.487 e. The topological polar surface area (TPSA) is 43.3 Å². The molecule has 0 atom stereocenters. The molecule has 0 unspecified atom stereocenters. The number of aryl methyl sites for hydroxylation is 1. The number of nitrogens with zero attached hydrogens (tertiary/aromatic N) is 1. The van der Waals surface area contributed by atoms with E-state index in [1.807, 2.05) is 54.2 Å². The van der Waals surface area contributed by atoms with Gasteiger partial charge in [-0.05, 0) is 24.6 Å². The van der Waals surface area contributed by atoms with Crippen LogP contribution in [-0.4, -0.2) is 6.61 Å². The maximum atomic E-state index is 11.4. The van der Waals surface area contributed by atoms with Crippen LogP contribution in [-0.2, 0) is 6.54 Å². The number of aromatic nitrogens is 1. The highest BCUT2D eigenvalue weighted by Gasteiger charge is 2.05. The third kappa shape index (κ3) is 3.11. The van der Waals surface area contributed by atoms with Crippen LogP contribution < -0.4 is 14.9 Å². The molecule has 3 aromatic rings.